The first-order valence-corrected chi connectivity index (χ1v) is 9.05. The first-order valence-electron chi connectivity index (χ1n) is 9.05. The highest BCUT2D eigenvalue weighted by atomic mass is 16.5. The molecule has 0 radical (unpaired) electrons. The lowest BCUT2D eigenvalue weighted by Crippen LogP contribution is -2.23. The fourth-order valence-corrected chi connectivity index (χ4v) is 2.68. The smallest absolute Gasteiger partial charge is 0.220 e. The SMILES string of the molecule is COc1cc(CNC(=O)CCc2ccc(C)c(C)c2)ccc1OC(C)C. The van der Waals surface area contributed by atoms with E-state index >= 15 is 0 Å². The molecule has 0 atom stereocenters. The minimum Gasteiger partial charge on any atom is -0.493 e. The van der Waals surface area contributed by atoms with E-state index < -0.39 is 0 Å². The topological polar surface area (TPSA) is 47.6 Å². The van der Waals surface area contributed by atoms with E-state index in [9.17, 15) is 4.79 Å². The number of nitrogens with one attached hydrogen (secondary N) is 1. The highest BCUT2D eigenvalue weighted by Crippen LogP contribution is 2.28. The number of methoxy groups -OCH3 is 1. The lowest BCUT2D eigenvalue weighted by molar-refractivity contribution is -0.121. The van der Waals surface area contributed by atoms with Gasteiger partial charge in [0.15, 0.2) is 11.5 Å². The number of benzene rings is 2. The summed E-state index contributed by atoms with van der Waals surface area (Å²) in [5.74, 6) is 1.44. The molecule has 0 bridgehead atoms. The van der Waals surface area contributed by atoms with Crippen molar-refractivity contribution in [3.05, 3.63) is 58.7 Å². The van der Waals surface area contributed by atoms with Gasteiger partial charge in [-0.05, 0) is 68.5 Å². The standard InChI is InChI=1S/C22H29NO3/c1-15(2)26-20-10-8-19(13-21(20)25-5)14-23-22(24)11-9-18-7-6-16(3)17(4)12-18/h6-8,10,12-13,15H,9,11,14H2,1-5H3,(H,23,24). The number of ether oxygens (including phenoxy) is 2. The maximum atomic E-state index is 12.1. The summed E-state index contributed by atoms with van der Waals surface area (Å²) < 4.78 is 11.1. The van der Waals surface area contributed by atoms with Crippen LogP contribution in [0.5, 0.6) is 11.5 Å². The van der Waals surface area contributed by atoms with Crippen molar-refractivity contribution >= 4 is 5.91 Å². The molecular weight excluding hydrogens is 326 g/mol. The zero-order valence-corrected chi connectivity index (χ0v) is 16.4. The predicted octanol–water partition coefficient (Wildman–Crippen LogP) is 4.35. The van der Waals surface area contributed by atoms with Gasteiger partial charge in [-0.25, -0.2) is 0 Å². The van der Waals surface area contributed by atoms with Crippen LogP contribution in [0.15, 0.2) is 36.4 Å². The average molecular weight is 355 g/mol. The van der Waals surface area contributed by atoms with Gasteiger partial charge in [-0.2, -0.15) is 0 Å². The van der Waals surface area contributed by atoms with Crippen LogP contribution in [0.1, 0.15) is 42.5 Å². The first-order chi connectivity index (χ1) is 12.4. The molecule has 4 nitrogen and oxygen atoms in total. The quantitative estimate of drug-likeness (QED) is 0.766. The number of aryl methyl sites for hydroxylation is 3. The number of hydrogen-bond acceptors (Lipinski definition) is 3. The van der Waals surface area contributed by atoms with Gasteiger partial charge in [0.25, 0.3) is 0 Å². The zero-order chi connectivity index (χ0) is 19.1. The van der Waals surface area contributed by atoms with Gasteiger partial charge in [-0.3, -0.25) is 4.79 Å². The van der Waals surface area contributed by atoms with Crippen LogP contribution >= 0.6 is 0 Å². The molecule has 1 N–H and O–H groups in total. The van der Waals surface area contributed by atoms with Gasteiger partial charge < -0.3 is 14.8 Å². The second-order valence-corrected chi connectivity index (χ2v) is 6.85. The molecule has 0 aliphatic heterocycles. The predicted molar refractivity (Wildman–Crippen MR) is 105 cm³/mol. The van der Waals surface area contributed by atoms with Gasteiger partial charge in [-0.1, -0.05) is 24.3 Å². The van der Waals surface area contributed by atoms with Gasteiger partial charge in [0.05, 0.1) is 13.2 Å². The third kappa shape index (κ3) is 5.80. The minimum atomic E-state index is 0.0460. The van der Waals surface area contributed by atoms with Gasteiger partial charge in [0.1, 0.15) is 0 Å². The van der Waals surface area contributed by atoms with Crippen LogP contribution in [-0.4, -0.2) is 19.1 Å². The zero-order valence-electron chi connectivity index (χ0n) is 16.4. The monoisotopic (exact) mass is 355 g/mol. The van der Waals surface area contributed by atoms with E-state index in [2.05, 4.69) is 37.4 Å². The Hall–Kier alpha value is -2.49. The lowest BCUT2D eigenvalue weighted by atomic mass is 10.0. The van der Waals surface area contributed by atoms with Crippen molar-refractivity contribution in [3.8, 4) is 11.5 Å². The van der Waals surface area contributed by atoms with E-state index in [1.807, 2.05) is 32.0 Å². The van der Waals surface area contributed by atoms with Gasteiger partial charge >= 0.3 is 0 Å². The first kappa shape index (κ1) is 19.8. The summed E-state index contributed by atoms with van der Waals surface area (Å²) in [4.78, 5) is 12.1. The Morgan fingerprint density at radius 2 is 1.73 bits per heavy atom. The average Bonchev–Trinajstić information content (AvgIpc) is 2.61. The van der Waals surface area contributed by atoms with Crippen molar-refractivity contribution in [2.24, 2.45) is 0 Å². The molecule has 140 valence electrons. The molecule has 0 aliphatic carbocycles. The summed E-state index contributed by atoms with van der Waals surface area (Å²) in [6.45, 7) is 8.62. The van der Waals surface area contributed by atoms with E-state index in [0.29, 0.717) is 24.5 Å². The summed E-state index contributed by atoms with van der Waals surface area (Å²) in [6.07, 6.45) is 1.31. The van der Waals surface area contributed by atoms with Crippen molar-refractivity contribution in [1.29, 1.82) is 0 Å². The number of hydrogen-bond donors (Lipinski definition) is 1. The Labute approximate surface area is 156 Å². The van der Waals surface area contributed by atoms with Crippen LogP contribution in [0, 0.1) is 13.8 Å². The van der Waals surface area contributed by atoms with Crippen molar-refractivity contribution in [2.45, 2.75) is 53.2 Å². The molecule has 0 aromatic heterocycles. The fraction of sp³-hybridized carbons (Fsp3) is 0.409. The van der Waals surface area contributed by atoms with Crippen molar-refractivity contribution < 1.29 is 14.3 Å². The van der Waals surface area contributed by atoms with Crippen molar-refractivity contribution in [3.63, 3.8) is 0 Å². The van der Waals surface area contributed by atoms with Gasteiger partial charge in [0.2, 0.25) is 5.91 Å². The molecule has 26 heavy (non-hydrogen) atoms. The van der Waals surface area contributed by atoms with Gasteiger partial charge in [0, 0.05) is 13.0 Å². The Kier molecular flexibility index (Phi) is 7.07. The van der Waals surface area contributed by atoms with Crippen molar-refractivity contribution in [1.82, 2.24) is 5.32 Å². The second kappa shape index (κ2) is 9.27. The molecule has 0 heterocycles. The van der Waals surface area contributed by atoms with E-state index in [0.717, 1.165) is 12.0 Å². The molecule has 4 heteroatoms. The van der Waals surface area contributed by atoms with Crippen LogP contribution < -0.4 is 14.8 Å². The molecule has 2 aromatic carbocycles. The second-order valence-electron chi connectivity index (χ2n) is 6.85. The number of rotatable bonds is 8. The fourth-order valence-electron chi connectivity index (χ4n) is 2.68. The maximum Gasteiger partial charge on any atom is 0.220 e. The molecule has 2 rings (SSSR count). The summed E-state index contributed by atoms with van der Waals surface area (Å²) in [7, 11) is 1.62. The Balaban J connectivity index is 1.87. The summed E-state index contributed by atoms with van der Waals surface area (Å²) in [5, 5.41) is 2.97. The van der Waals surface area contributed by atoms with Crippen LogP contribution in [0.3, 0.4) is 0 Å². The number of carbonyl (C=O) groups is 1. The van der Waals surface area contributed by atoms with E-state index in [4.69, 9.17) is 9.47 Å². The molecule has 0 unspecified atom stereocenters. The van der Waals surface area contributed by atoms with E-state index in [-0.39, 0.29) is 12.0 Å². The Bertz CT molecular complexity index is 753. The third-order valence-electron chi connectivity index (χ3n) is 4.29. The molecule has 0 fully saturated rings. The number of carbonyl (C=O) groups excluding carboxylic acids is 1. The highest BCUT2D eigenvalue weighted by molar-refractivity contribution is 5.76. The van der Waals surface area contributed by atoms with Crippen LogP contribution in [0.2, 0.25) is 0 Å². The molecule has 0 aliphatic rings. The highest BCUT2D eigenvalue weighted by Gasteiger charge is 2.09. The molecular formula is C22H29NO3. The number of amides is 1. The molecule has 0 spiro atoms. The normalized spacial score (nSPS) is 10.7. The minimum absolute atomic E-state index is 0.0460. The lowest BCUT2D eigenvalue weighted by Gasteiger charge is -2.14. The molecule has 2 aromatic rings. The molecule has 0 saturated heterocycles. The maximum absolute atomic E-state index is 12.1. The van der Waals surface area contributed by atoms with E-state index in [1.54, 1.807) is 7.11 Å². The molecule has 1 amide bonds. The van der Waals surface area contributed by atoms with Gasteiger partial charge in [-0.15, -0.1) is 0 Å². The van der Waals surface area contributed by atoms with Crippen LogP contribution in [0.4, 0.5) is 0 Å². The van der Waals surface area contributed by atoms with Crippen molar-refractivity contribution in [2.75, 3.05) is 7.11 Å². The van der Waals surface area contributed by atoms with E-state index in [1.165, 1.54) is 16.7 Å². The third-order valence-corrected chi connectivity index (χ3v) is 4.29. The van der Waals surface area contributed by atoms with Crippen LogP contribution in [0.25, 0.3) is 0 Å². The molecule has 0 saturated carbocycles. The largest absolute Gasteiger partial charge is 0.493 e. The summed E-state index contributed by atoms with van der Waals surface area (Å²) in [5.41, 5.74) is 4.72. The summed E-state index contributed by atoms with van der Waals surface area (Å²) in [6, 6.07) is 12.1. The Morgan fingerprint density at radius 1 is 1.00 bits per heavy atom. The van der Waals surface area contributed by atoms with Crippen LogP contribution in [-0.2, 0) is 17.8 Å². The summed E-state index contributed by atoms with van der Waals surface area (Å²) >= 11 is 0. The Morgan fingerprint density at radius 3 is 2.38 bits per heavy atom.